The molecule has 0 N–H and O–H groups in total. The zero-order valence-corrected chi connectivity index (χ0v) is 18.8. The second-order valence-corrected chi connectivity index (χ2v) is 9.73. The van der Waals surface area contributed by atoms with Crippen molar-refractivity contribution in [2.45, 2.75) is 38.5 Å². The summed E-state index contributed by atoms with van der Waals surface area (Å²) in [5.41, 5.74) is 10.6. The first kappa shape index (κ1) is 19.8. The van der Waals surface area contributed by atoms with Crippen LogP contribution in [-0.2, 0) is 10.8 Å². The van der Waals surface area contributed by atoms with Crippen molar-refractivity contribution in [2.24, 2.45) is 0 Å². The van der Waals surface area contributed by atoms with E-state index in [-0.39, 0.29) is 10.8 Å². The minimum absolute atomic E-state index is 0.0417. The van der Waals surface area contributed by atoms with Gasteiger partial charge in [-0.05, 0) is 56.6 Å². The monoisotopic (exact) mass is 401 g/mol. The summed E-state index contributed by atoms with van der Waals surface area (Å²) in [4.78, 5) is 0. The highest BCUT2D eigenvalue weighted by Crippen LogP contribution is 2.44. The molecule has 0 aliphatic heterocycles. The molecule has 1 aliphatic rings. The molecule has 0 unspecified atom stereocenters. The van der Waals surface area contributed by atoms with Crippen LogP contribution in [0, 0.1) is 6.42 Å². The van der Waals surface area contributed by atoms with Gasteiger partial charge >= 0.3 is 0 Å². The SMILES string of the molecule is CC(C)(c1ccccc1)c1ccc2c(c1)-c1cc(C(C)(C)c3ccccc3)ccc1[CH]2. The average Bonchev–Trinajstić information content (AvgIpc) is 3.17. The third-order valence-electron chi connectivity index (χ3n) is 7.14. The topological polar surface area (TPSA) is 0 Å². The summed E-state index contributed by atoms with van der Waals surface area (Å²) in [6, 6.07) is 35.6. The first-order valence-electron chi connectivity index (χ1n) is 11.1. The number of hydrogen-bond acceptors (Lipinski definition) is 0. The zero-order chi connectivity index (χ0) is 21.6. The Morgan fingerprint density at radius 3 is 1.19 bits per heavy atom. The first-order valence-corrected chi connectivity index (χ1v) is 11.1. The van der Waals surface area contributed by atoms with Crippen molar-refractivity contribution in [3.05, 3.63) is 137 Å². The molecule has 0 nitrogen and oxygen atoms in total. The minimum atomic E-state index is -0.0417. The zero-order valence-electron chi connectivity index (χ0n) is 18.8. The summed E-state index contributed by atoms with van der Waals surface area (Å²) in [7, 11) is 0. The Balaban J connectivity index is 1.59. The fourth-order valence-electron chi connectivity index (χ4n) is 4.82. The fraction of sp³-hybridized carbons (Fsp3) is 0.194. The molecule has 0 saturated carbocycles. The molecule has 0 atom stereocenters. The lowest BCUT2D eigenvalue weighted by Crippen LogP contribution is -2.19. The summed E-state index contributed by atoms with van der Waals surface area (Å²) in [5, 5.41) is 0. The molecule has 31 heavy (non-hydrogen) atoms. The van der Waals surface area contributed by atoms with Gasteiger partial charge in [-0.2, -0.15) is 0 Å². The van der Waals surface area contributed by atoms with Gasteiger partial charge in [-0.25, -0.2) is 0 Å². The molecule has 4 aromatic carbocycles. The van der Waals surface area contributed by atoms with E-state index in [9.17, 15) is 0 Å². The Morgan fingerprint density at radius 1 is 0.419 bits per heavy atom. The van der Waals surface area contributed by atoms with Crippen LogP contribution in [0.25, 0.3) is 11.1 Å². The van der Waals surface area contributed by atoms with Gasteiger partial charge in [0.1, 0.15) is 0 Å². The van der Waals surface area contributed by atoms with E-state index in [4.69, 9.17) is 0 Å². The van der Waals surface area contributed by atoms with E-state index in [2.05, 4.69) is 131 Å². The number of benzene rings is 4. The third kappa shape index (κ3) is 3.31. The van der Waals surface area contributed by atoms with Gasteiger partial charge in [-0.15, -0.1) is 0 Å². The Bertz CT molecular complexity index is 1130. The number of fused-ring (bicyclic) bond motifs is 3. The van der Waals surface area contributed by atoms with Crippen LogP contribution >= 0.6 is 0 Å². The van der Waals surface area contributed by atoms with Crippen molar-refractivity contribution in [1.29, 1.82) is 0 Å². The second-order valence-electron chi connectivity index (χ2n) is 9.73. The number of rotatable bonds is 4. The Hall–Kier alpha value is -3.12. The molecule has 0 heterocycles. The lowest BCUT2D eigenvalue weighted by molar-refractivity contribution is 0.640. The van der Waals surface area contributed by atoms with E-state index >= 15 is 0 Å². The maximum Gasteiger partial charge on any atom is 0.0211 e. The van der Waals surface area contributed by atoms with Gasteiger partial charge in [-0.3, -0.25) is 0 Å². The molecule has 0 fully saturated rings. The smallest absolute Gasteiger partial charge is 0.0211 e. The lowest BCUT2D eigenvalue weighted by Gasteiger charge is -2.28. The van der Waals surface area contributed by atoms with Crippen LogP contribution in [0.2, 0.25) is 0 Å². The van der Waals surface area contributed by atoms with E-state index < -0.39 is 0 Å². The Kier molecular flexibility index (Phi) is 4.63. The summed E-state index contributed by atoms with van der Waals surface area (Å²) in [6.45, 7) is 9.27. The van der Waals surface area contributed by atoms with Gasteiger partial charge in [0.25, 0.3) is 0 Å². The highest BCUT2D eigenvalue weighted by Gasteiger charge is 2.29. The summed E-state index contributed by atoms with van der Waals surface area (Å²) < 4.78 is 0. The Morgan fingerprint density at radius 2 is 0.806 bits per heavy atom. The molecule has 0 amide bonds. The van der Waals surface area contributed by atoms with E-state index in [0.717, 1.165) is 0 Å². The molecule has 1 radical (unpaired) electrons. The van der Waals surface area contributed by atoms with Crippen LogP contribution in [0.4, 0.5) is 0 Å². The minimum Gasteiger partial charge on any atom is -0.0622 e. The quantitative estimate of drug-likeness (QED) is 0.287. The van der Waals surface area contributed by atoms with Crippen molar-refractivity contribution < 1.29 is 0 Å². The van der Waals surface area contributed by atoms with Gasteiger partial charge in [0, 0.05) is 17.3 Å². The van der Waals surface area contributed by atoms with Crippen molar-refractivity contribution >= 4 is 0 Å². The predicted molar refractivity (Wildman–Crippen MR) is 132 cm³/mol. The van der Waals surface area contributed by atoms with Gasteiger partial charge in [0.15, 0.2) is 0 Å². The number of hydrogen-bond donors (Lipinski definition) is 0. The molecule has 0 spiro atoms. The normalized spacial score (nSPS) is 13.0. The summed E-state index contributed by atoms with van der Waals surface area (Å²) in [6.07, 6.45) is 2.32. The summed E-state index contributed by atoms with van der Waals surface area (Å²) in [5.74, 6) is 0. The molecular formula is C31H29. The fourth-order valence-corrected chi connectivity index (χ4v) is 4.82. The van der Waals surface area contributed by atoms with E-state index in [0.29, 0.717) is 0 Å². The van der Waals surface area contributed by atoms with Gasteiger partial charge < -0.3 is 0 Å². The highest BCUT2D eigenvalue weighted by molar-refractivity contribution is 5.82. The Labute approximate surface area is 186 Å². The highest BCUT2D eigenvalue weighted by atomic mass is 14.3. The second kappa shape index (κ2) is 7.24. The van der Waals surface area contributed by atoms with Crippen LogP contribution in [0.15, 0.2) is 97.1 Å². The molecule has 0 heteroatoms. The van der Waals surface area contributed by atoms with Crippen molar-refractivity contribution in [1.82, 2.24) is 0 Å². The van der Waals surface area contributed by atoms with Gasteiger partial charge in [0.05, 0.1) is 0 Å². The molecule has 1 aliphatic carbocycles. The molecule has 0 saturated heterocycles. The van der Waals surface area contributed by atoms with Gasteiger partial charge in [0.2, 0.25) is 0 Å². The largest absolute Gasteiger partial charge is 0.0622 e. The maximum atomic E-state index is 2.41. The molecule has 4 aromatic rings. The van der Waals surface area contributed by atoms with E-state index in [1.54, 1.807) is 0 Å². The molecule has 0 aromatic heterocycles. The predicted octanol–water partition coefficient (Wildman–Crippen LogP) is 7.92. The van der Waals surface area contributed by atoms with Crippen LogP contribution < -0.4 is 0 Å². The molecule has 0 bridgehead atoms. The van der Waals surface area contributed by atoms with Crippen LogP contribution in [0.3, 0.4) is 0 Å². The van der Waals surface area contributed by atoms with Crippen molar-refractivity contribution in [2.75, 3.05) is 0 Å². The maximum absolute atomic E-state index is 2.41. The molecule has 5 rings (SSSR count). The van der Waals surface area contributed by atoms with Crippen LogP contribution in [0.5, 0.6) is 0 Å². The van der Waals surface area contributed by atoms with Crippen molar-refractivity contribution in [3.8, 4) is 11.1 Å². The van der Waals surface area contributed by atoms with Crippen molar-refractivity contribution in [3.63, 3.8) is 0 Å². The lowest BCUT2D eigenvalue weighted by atomic mass is 9.76. The van der Waals surface area contributed by atoms with Gasteiger partial charge in [-0.1, -0.05) is 113 Å². The van der Waals surface area contributed by atoms with Crippen LogP contribution in [-0.4, -0.2) is 0 Å². The van der Waals surface area contributed by atoms with E-state index in [1.807, 2.05) is 0 Å². The molecule has 153 valence electrons. The summed E-state index contributed by atoms with van der Waals surface area (Å²) >= 11 is 0. The third-order valence-corrected chi connectivity index (χ3v) is 7.14. The van der Waals surface area contributed by atoms with Crippen LogP contribution in [0.1, 0.15) is 61.1 Å². The average molecular weight is 402 g/mol. The first-order chi connectivity index (χ1) is 14.9. The standard InChI is InChI=1S/C31H29/c1-30(2,24-11-7-5-8-12-24)26-17-15-22-19-23-16-18-27(21-29(23)28(22)20-26)31(3,4)25-13-9-6-10-14-25/h5-21H,1-4H3. The van der Waals surface area contributed by atoms with E-state index in [1.165, 1.54) is 44.5 Å². The molecular weight excluding hydrogens is 372 g/mol.